The van der Waals surface area contributed by atoms with Gasteiger partial charge in [0.1, 0.15) is 0 Å². The molecule has 3 rings (SSSR count). The molecule has 1 N–H and O–H groups in total. The van der Waals surface area contributed by atoms with E-state index in [9.17, 15) is 4.79 Å². The molecule has 0 fully saturated rings. The van der Waals surface area contributed by atoms with Gasteiger partial charge < -0.3 is 0 Å². The van der Waals surface area contributed by atoms with Gasteiger partial charge in [0.15, 0.2) is 5.13 Å². The third kappa shape index (κ3) is 4.43. The van der Waals surface area contributed by atoms with Gasteiger partial charge in [-0.3, -0.25) is 10.1 Å². The molecule has 5 heteroatoms. The molecule has 0 bridgehead atoms. The normalized spacial score (nSPS) is 10.5. The molecule has 2 aromatic carbocycles. The molecule has 23 heavy (non-hydrogen) atoms. The van der Waals surface area contributed by atoms with Crippen molar-refractivity contribution in [1.29, 1.82) is 0 Å². The number of thiazole rings is 1. The summed E-state index contributed by atoms with van der Waals surface area (Å²) in [5.74, 6) is 0.759. The summed E-state index contributed by atoms with van der Waals surface area (Å²) in [6.07, 6.45) is 1.67. The highest BCUT2D eigenvalue weighted by Crippen LogP contribution is 2.23. The summed E-state index contributed by atoms with van der Waals surface area (Å²) in [6.45, 7) is 2.09. The SMILES string of the molecule is Cc1ccc(SCc2ccc(C(=O)Nc3nccs3)cc2)cc1. The summed E-state index contributed by atoms with van der Waals surface area (Å²) in [6, 6.07) is 16.2. The first-order valence-electron chi connectivity index (χ1n) is 7.20. The molecule has 1 amide bonds. The lowest BCUT2D eigenvalue weighted by molar-refractivity contribution is 0.102. The van der Waals surface area contributed by atoms with Crippen LogP contribution in [0.15, 0.2) is 65.0 Å². The van der Waals surface area contributed by atoms with Crippen LogP contribution in [0.1, 0.15) is 21.5 Å². The summed E-state index contributed by atoms with van der Waals surface area (Å²) in [7, 11) is 0. The fourth-order valence-electron chi connectivity index (χ4n) is 2.01. The lowest BCUT2D eigenvalue weighted by Crippen LogP contribution is -2.11. The van der Waals surface area contributed by atoms with Crippen LogP contribution in [-0.2, 0) is 5.75 Å². The Hall–Kier alpha value is -2.11. The van der Waals surface area contributed by atoms with Gasteiger partial charge in [0.2, 0.25) is 0 Å². The van der Waals surface area contributed by atoms with Gasteiger partial charge in [-0.2, -0.15) is 0 Å². The summed E-state index contributed by atoms with van der Waals surface area (Å²) >= 11 is 3.20. The van der Waals surface area contributed by atoms with Crippen molar-refractivity contribution < 1.29 is 4.79 Å². The van der Waals surface area contributed by atoms with E-state index < -0.39 is 0 Å². The number of aromatic nitrogens is 1. The van der Waals surface area contributed by atoms with Gasteiger partial charge in [0.05, 0.1) is 0 Å². The van der Waals surface area contributed by atoms with E-state index in [0.29, 0.717) is 10.7 Å². The molecule has 1 aromatic heterocycles. The minimum atomic E-state index is -0.127. The first-order chi connectivity index (χ1) is 11.2. The first-order valence-corrected chi connectivity index (χ1v) is 9.06. The summed E-state index contributed by atoms with van der Waals surface area (Å²) in [5.41, 5.74) is 3.11. The highest BCUT2D eigenvalue weighted by atomic mass is 32.2. The maximum Gasteiger partial charge on any atom is 0.257 e. The van der Waals surface area contributed by atoms with E-state index in [-0.39, 0.29) is 5.91 Å². The fourth-order valence-corrected chi connectivity index (χ4v) is 3.39. The number of aryl methyl sites for hydroxylation is 1. The third-order valence-corrected chi connectivity index (χ3v) is 5.07. The smallest absolute Gasteiger partial charge is 0.257 e. The number of benzene rings is 2. The van der Waals surface area contributed by atoms with Crippen molar-refractivity contribution in [3.63, 3.8) is 0 Å². The number of carbonyl (C=O) groups excluding carboxylic acids is 1. The maximum atomic E-state index is 12.1. The summed E-state index contributed by atoms with van der Waals surface area (Å²) in [4.78, 5) is 17.4. The molecule has 0 aliphatic heterocycles. The Morgan fingerprint density at radius 3 is 2.52 bits per heavy atom. The number of carbonyl (C=O) groups is 1. The van der Waals surface area contributed by atoms with Crippen molar-refractivity contribution in [2.24, 2.45) is 0 Å². The van der Waals surface area contributed by atoms with Crippen LogP contribution in [0.25, 0.3) is 0 Å². The number of amides is 1. The Kier molecular flexibility index (Phi) is 5.10. The minimum absolute atomic E-state index is 0.127. The van der Waals surface area contributed by atoms with Gasteiger partial charge in [-0.1, -0.05) is 29.8 Å². The maximum absolute atomic E-state index is 12.1. The summed E-state index contributed by atoms with van der Waals surface area (Å²) < 4.78 is 0. The molecular weight excluding hydrogens is 324 g/mol. The van der Waals surface area contributed by atoms with Crippen molar-refractivity contribution in [3.8, 4) is 0 Å². The van der Waals surface area contributed by atoms with Crippen LogP contribution in [0.4, 0.5) is 5.13 Å². The number of anilines is 1. The molecule has 0 aliphatic rings. The molecule has 0 aliphatic carbocycles. The van der Waals surface area contributed by atoms with E-state index in [1.165, 1.54) is 27.4 Å². The zero-order valence-corrected chi connectivity index (χ0v) is 14.3. The van der Waals surface area contributed by atoms with Crippen molar-refractivity contribution in [1.82, 2.24) is 4.98 Å². The number of hydrogen-bond donors (Lipinski definition) is 1. The van der Waals surface area contributed by atoms with Crippen LogP contribution >= 0.6 is 23.1 Å². The number of rotatable bonds is 5. The Balaban J connectivity index is 1.58. The highest BCUT2D eigenvalue weighted by Gasteiger charge is 2.07. The number of nitrogens with zero attached hydrogens (tertiary/aromatic N) is 1. The average molecular weight is 340 g/mol. The molecule has 0 radical (unpaired) electrons. The van der Waals surface area contributed by atoms with E-state index in [2.05, 4.69) is 41.5 Å². The third-order valence-electron chi connectivity index (χ3n) is 3.30. The van der Waals surface area contributed by atoms with Crippen molar-refractivity contribution in [2.45, 2.75) is 17.6 Å². The quantitative estimate of drug-likeness (QED) is 0.665. The van der Waals surface area contributed by atoms with E-state index in [1.54, 1.807) is 18.0 Å². The van der Waals surface area contributed by atoms with Gasteiger partial charge in [-0.15, -0.1) is 23.1 Å². The lowest BCUT2D eigenvalue weighted by atomic mass is 10.1. The molecule has 1 heterocycles. The molecule has 0 unspecified atom stereocenters. The topological polar surface area (TPSA) is 42.0 Å². The van der Waals surface area contributed by atoms with E-state index in [4.69, 9.17) is 0 Å². The zero-order valence-electron chi connectivity index (χ0n) is 12.7. The Bertz CT molecular complexity index is 766. The van der Waals surface area contributed by atoms with Crippen LogP contribution in [0, 0.1) is 6.92 Å². The highest BCUT2D eigenvalue weighted by molar-refractivity contribution is 7.98. The van der Waals surface area contributed by atoms with Crippen molar-refractivity contribution in [2.75, 3.05) is 5.32 Å². The molecule has 3 aromatic rings. The van der Waals surface area contributed by atoms with Gasteiger partial charge in [-0.05, 0) is 36.8 Å². The van der Waals surface area contributed by atoms with Gasteiger partial charge in [-0.25, -0.2) is 4.98 Å². The second-order valence-corrected chi connectivity index (χ2v) is 7.03. The number of hydrogen-bond acceptors (Lipinski definition) is 4. The Morgan fingerprint density at radius 1 is 1.13 bits per heavy atom. The zero-order chi connectivity index (χ0) is 16.1. The van der Waals surface area contributed by atoms with Crippen LogP contribution < -0.4 is 5.32 Å². The van der Waals surface area contributed by atoms with Crippen LogP contribution in [0.3, 0.4) is 0 Å². The van der Waals surface area contributed by atoms with Crippen molar-refractivity contribution in [3.05, 3.63) is 76.8 Å². The Labute approximate surface area is 143 Å². The van der Waals surface area contributed by atoms with Crippen LogP contribution in [-0.4, -0.2) is 10.9 Å². The van der Waals surface area contributed by atoms with E-state index >= 15 is 0 Å². The largest absolute Gasteiger partial charge is 0.298 e. The fraction of sp³-hybridized carbons (Fsp3) is 0.111. The van der Waals surface area contributed by atoms with Gasteiger partial charge in [0, 0.05) is 27.8 Å². The lowest BCUT2D eigenvalue weighted by Gasteiger charge is -2.05. The van der Waals surface area contributed by atoms with Crippen LogP contribution in [0.2, 0.25) is 0 Å². The number of nitrogens with one attached hydrogen (secondary N) is 1. The first kappa shape index (κ1) is 15.8. The molecular formula is C18H16N2OS2. The monoisotopic (exact) mass is 340 g/mol. The van der Waals surface area contributed by atoms with Gasteiger partial charge in [0.25, 0.3) is 5.91 Å². The molecule has 0 saturated heterocycles. The molecule has 0 saturated carbocycles. The molecule has 0 atom stereocenters. The minimum Gasteiger partial charge on any atom is -0.298 e. The molecule has 0 spiro atoms. The van der Waals surface area contributed by atoms with E-state index in [0.717, 1.165) is 5.75 Å². The van der Waals surface area contributed by atoms with E-state index in [1.807, 2.05) is 29.6 Å². The van der Waals surface area contributed by atoms with Crippen molar-refractivity contribution >= 4 is 34.1 Å². The predicted molar refractivity (Wildman–Crippen MR) is 97.2 cm³/mol. The average Bonchev–Trinajstić information content (AvgIpc) is 3.08. The predicted octanol–water partition coefficient (Wildman–Crippen LogP) is 5.00. The molecule has 3 nitrogen and oxygen atoms in total. The summed E-state index contributed by atoms with van der Waals surface area (Å²) in [5, 5.41) is 5.24. The number of thioether (sulfide) groups is 1. The second-order valence-electron chi connectivity index (χ2n) is 5.09. The van der Waals surface area contributed by atoms with Gasteiger partial charge >= 0.3 is 0 Å². The molecule has 116 valence electrons. The standard InChI is InChI=1S/C18H16N2OS2/c1-13-2-8-16(9-3-13)23-12-14-4-6-15(7-5-14)17(21)20-18-19-10-11-22-18/h2-11H,12H2,1H3,(H,19,20,21). The Morgan fingerprint density at radius 2 is 1.87 bits per heavy atom. The second kappa shape index (κ2) is 7.44. The van der Waals surface area contributed by atoms with Crippen LogP contribution in [0.5, 0.6) is 0 Å².